The summed E-state index contributed by atoms with van der Waals surface area (Å²) in [6.07, 6.45) is 1.44. The summed E-state index contributed by atoms with van der Waals surface area (Å²) in [6, 6.07) is 13.2. The number of carbonyl (C=O) groups excluding carboxylic acids is 1. The minimum absolute atomic E-state index is 0.330. The second kappa shape index (κ2) is 8.23. The largest absolute Gasteiger partial charge is 0.497 e. The first kappa shape index (κ1) is 19.8. The lowest BCUT2D eigenvalue weighted by Crippen LogP contribution is -2.47. The van der Waals surface area contributed by atoms with Crippen LogP contribution in [0.15, 0.2) is 48.5 Å². The molecule has 0 aromatic heterocycles. The Morgan fingerprint density at radius 1 is 1.19 bits per heavy atom. The van der Waals surface area contributed by atoms with E-state index in [2.05, 4.69) is 5.32 Å². The van der Waals surface area contributed by atoms with Gasteiger partial charge in [0.2, 0.25) is 15.9 Å². The zero-order valence-corrected chi connectivity index (χ0v) is 16.2. The van der Waals surface area contributed by atoms with Crippen molar-refractivity contribution >= 4 is 27.3 Å². The number of nitrogens with one attached hydrogen (secondary N) is 1. The number of nitrogens with zero attached hydrogens (tertiary/aromatic N) is 1. The molecule has 0 aliphatic rings. The summed E-state index contributed by atoms with van der Waals surface area (Å²) in [5.41, 5.74) is 1.94. The van der Waals surface area contributed by atoms with Crippen molar-refractivity contribution in [3.05, 3.63) is 54.1 Å². The molecule has 0 aliphatic carbocycles. The fourth-order valence-corrected chi connectivity index (χ4v) is 3.96. The van der Waals surface area contributed by atoms with E-state index in [0.717, 1.165) is 11.8 Å². The van der Waals surface area contributed by atoms with Crippen molar-refractivity contribution in [3.8, 4) is 5.75 Å². The minimum atomic E-state index is -3.65. The van der Waals surface area contributed by atoms with Gasteiger partial charge < -0.3 is 10.1 Å². The Balaban J connectivity index is 2.36. The molecule has 2 rings (SSSR count). The fraction of sp³-hybridized carbons (Fsp3) is 0.316. The predicted octanol–water partition coefficient (Wildman–Crippen LogP) is 3.19. The van der Waals surface area contributed by atoms with Gasteiger partial charge in [0.15, 0.2) is 0 Å². The average molecular weight is 376 g/mol. The van der Waals surface area contributed by atoms with Crippen molar-refractivity contribution < 1.29 is 17.9 Å². The molecule has 0 saturated carbocycles. The Morgan fingerprint density at radius 2 is 1.88 bits per heavy atom. The molecule has 26 heavy (non-hydrogen) atoms. The van der Waals surface area contributed by atoms with Gasteiger partial charge in [-0.05, 0) is 43.2 Å². The molecule has 0 radical (unpaired) electrons. The number of hydrogen-bond donors (Lipinski definition) is 1. The lowest BCUT2D eigenvalue weighted by molar-refractivity contribution is -0.117. The summed E-state index contributed by atoms with van der Waals surface area (Å²) >= 11 is 0. The highest BCUT2D eigenvalue weighted by molar-refractivity contribution is 7.92. The Hall–Kier alpha value is -2.54. The van der Waals surface area contributed by atoms with Crippen LogP contribution in [0.2, 0.25) is 0 Å². The molecule has 1 amide bonds. The number of amides is 1. The second-order valence-electron chi connectivity index (χ2n) is 6.04. The molecule has 1 unspecified atom stereocenters. The standard InChI is InChI=1S/C19H24N2O4S/c1-5-18(19(22)20-15-9-7-11-17(13-15)25-3)21(26(4,23)24)16-10-6-8-14(2)12-16/h6-13,18H,5H2,1-4H3,(H,20,22). The molecule has 0 heterocycles. The van der Waals surface area contributed by atoms with Crippen molar-refractivity contribution in [1.29, 1.82) is 0 Å². The molecule has 0 bridgehead atoms. The number of aryl methyl sites for hydroxylation is 1. The van der Waals surface area contributed by atoms with Gasteiger partial charge in [0, 0.05) is 11.8 Å². The number of anilines is 2. The molecule has 0 aliphatic heterocycles. The van der Waals surface area contributed by atoms with Gasteiger partial charge in [0.05, 0.1) is 19.1 Å². The van der Waals surface area contributed by atoms with Crippen LogP contribution < -0.4 is 14.4 Å². The molecule has 0 spiro atoms. The SMILES string of the molecule is CCC(C(=O)Nc1cccc(OC)c1)N(c1cccc(C)c1)S(C)(=O)=O. The molecule has 140 valence electrons. The van der Waals surface area contributed by atoms with Crippen LogP contribution in [0.4, 0.5) is 11.4 Å². The summed E-state index contributed by atoms with van der Waals surface area (Å²) in [6.45, 7) is 3.66. The van der Waals surface area contributed by atoms with E-state index in [-0.39, 0.29) is 0 Å². The highest BCUT2D eigenvalue weighted by Crippen LogP contribution is 2.25. The fourth-order valence-electron chi connectivity index (χ4n) is 2.75. The monoisotopic (exact) mass is 376 g/mol. The second-order valence-corrected chi connectivity index (χ2v) is 7.90. The third kappa shape index (κ3) is 4.76. The highest BCUT2D eigenvalue weighted by Gasteiger charge is 2.31. The van der Waals surface area contributed by atoms with Gasteiger partial charge in [0.1, 0.15) is 11.8 Å². The molecule has 1 atom stereocenters. The van der Waals surface area contributed by atoms with Crippen molar-refractivity contribution in [2.45, 2.75) is 26.3 Å². The topological polar surface area (TPSA) is 75.7 Å². The molecule has 7 heteroatoms. The molecule has 1 N–H and O–H groups in total. The summed E-state index contributed by atoms with van der Waals surface area (Å²) < 4.78 is 31.2. The lowest BCUT2D eigenvalue weighted by Gasteiger charge is -2.30. The van der Waals surface area contributed by atoms with Crippen LogP contribution in [-0.2, 0) is 14.8 Å². The lowest BCUT2D eigenvalue weighted by atomic mass is 10.1. The summed E-state index contributed by atoms with van der Waals surface area (Å²) in [7, 11) is -2.11. The van der Waals surface area contributed by atoms with Crippen LogP contribution in [0.25, 0.3) is 0 Å². The Labute approximate surface area is 154 Å². The zero-order valence-electron chi connectivity index (χ0n) is 15.4. The number of carbonyl (C=O) groups is 1. The number of methoxy groups -OCH3 is 1. The Morgan fingerprint density at radius 3 is 2.46 bits per heavy atom. The predicted molar refractivity (Wildman–Crippen MR) is 104 cm³/mol. The first-order valence-corrected chi connectivity index (χ1v) is 10.1. The van der Waals surface area contributed by atoms with Crippen molar-refractivity contribution in [1.82, 2.24) is 0 Å². The van der Waals surface area contributed by atoms with Crippen molar-refractivity contribution in [2.75, 3.05) is 23.0 Å². The summed E-state index contributed by atoms with van der Waals surface area (Å²) in [5, 5.41) is 2.78. The van der Waals surface area contributed by atoms with Gasteiger partial charge in [-0.3, -0.25) is 9.10 Å². The average Bonchev–Trinajstić information content (AvgIpc) is 2.58. The van der Waals surface area contributed by atoms with E-state index in [1.165, 1.54) is 4.31 Å². The quantitative estimate of drug-likeness (QED) is 0.805. The molecule has 2 aromatic carbocycles. The van der Waals surface area contributed by atoms with Crippen molar-refractivity contribution in [2.24, 2.45) is 0 Å². The Kier molecular flexibility index (Phi) is 6.26. The minimum Gasteiger partial charge on any atom is -0.497 e. The maximum Gasteiger partial charge on any atom is 0.248 e. The maximum absolute atomic E-state index is 12.8. The first-order chi connectivity index (χ1) is 12.3. The molecule has 2 aromatic rings. The van der Waals surface area contributed by atoms with Gasteiger partial charge in [0.25, 0.3) is 0 Å². The molecular formula is C19H24N2O4S. The van der Waals surface area contributed by atoms with Crippen LogP contribution in [0.1, 0.15) is 18.9 Å². The van der Waals surface area contributed by atoms with Gasteiger partial charge in [-0.25, -0.2) is 8.42 Å². The molecule has 6 nitrogen and oxygen atoms in total. The number of rotatable bonds is 7. The van der Waals surface area contributed by atoms with Gasteiger partial charge in [-0.2, -0.15) is 0 Å². The van der Waals surface area contributed by atoms with E-state index in [1.54, 1.807) is 56.5 Å². The van der Waals surface area contributed by atoms with Crippen LogP contribution >= 0.6 is 0 Å². The van der Waals surface area contributed by atoms with Crippen LogP contribution in [0.5, 0.6) is 5.75 Å². The zero-order chi connectivity index (χ0) is 19.3. The van der Waals surface area contributed by atoms with E-state index >= 15 is 0 Å². The van der Waals surface area contributed by atoms with E-state index in [1.807, 2.05) is 13.0 Å². The van der Waals surface area contributed by atoms with Crippen LogP contribution in [0, 0.1) is 6.92 Å². The van der Waals surface area contributed by atoms with Crippen LogP contribution in [0.3, 0.4) is 0 Å². The smallest absolute Gasteiger partial charge is 0.248 e. The van der Waals surface area contributed by atoms with Gasteiger partial charge in [-0.1, -0.05) is 25.1 Å². The number of ether oxygens (including phenoxy) is 1. The summed E-state index contributed by atoms with van der Waals surface area (Å²) in [5.74, 6) is 0.210. The third-order valence-electron chi connectivity index (χ3n) is 3.92. The highest BCUT2D eigenvalue weighted by atomic mass is 32.2. The molecule has 0 saturated heterocycles. The number of benzene rings is 2. The first-order valence-electron chi connectivity index (χ1n) is 8.27. The van der Waals surface area contributed by atoms with Gasteiger partial charge in [-0.15, -0.1) is 0 Å². The number of hydrogen-bond acceptors (Lipinski definition) is 4. The van der Waals surface area contributed by atoms with E-state index in [4.69, 9.17) is 4.74 Å². The van der Waals surface area contributed by atoms with Gasteiger partial charge >= 0.3 is 0 Å². The van der Waals surface area contributed by atoms with E-state index < -0.39 is 22.0 Å². The molecule has 0 fully saturated rings. The van der Waals surface area contributed by atoms with Crippen LogP contribution in [-0.4, -0.2) is 33.7 Å². The number of sulfonamides is 1. The van der Waals surface area contributed by atoms with Crippen molar-refractivity contribution in [3.63, 3.8) is 0 Å². The van der Waals surface area contributed by atoms with E-state index in [9.17, 15) is 13.2 Å². The maximum atomic E-state index is 12.8. The third-order valence-corrected chi connectivity index (χ3v) is 5.10. The molecular weight excluding hydrogens is 352 g/mol. The Bertz CT molecular complexity index is 881. The summed E-state index contributed by atoms with van der Waals surface area (Å²) in [4.78, 5) is 12.8. The van der Waals surface area contributed by atoms with E-state index in [0.29, 0.717) is 23.5 Å². The normalized spacial score (nSPS) is 12.3.